The number of benzene rings is 2. The van der Waals surface area contributed by atoms with E-state index in [1.54, 1.807) is 18.2 Å². The molecule has 0 saturated heterocycles. The van der Waals surface area contributed by atoms with Crippen LogP contribution in [0.2, 0.25) is 0 Å². The number of hydrogen-bond acceptors (Lipinski definition) is 9. The molecule has 1 aromatic heterocycles. The van der Waals surface area contributed by atoms with Gasteiger partial charge in [-0.15, -0.1) is 0 Å². The second kappa shape index (κ2) is 16.6. The normalized spacial score (nSPS) is 17.7. The summed E-state index contributed by atoms with van der Waals surface area (Å²) < 4.78 is 11.6. The van der Waals surface area contributed by atoms with Crippen molar-refractivity contribution in [2.24, 2.45) is 17.6 Å². The Kier molecular flexibility index (Phi) is 12.1. The predicted octanol–water partition coefficient (Wildman–Crippen LogP) is 7.19. The van der Waals surface area contributed by atoms with Crippen LogP contribution in [0.3, 0.4) is 0 Å². The lowest BCUT2D eigenvalue weighted by molar-refractivity contribution is -0.386. The molecule has 2 aromatic carbocycles. The smallest absolute Gasteiger partial charge is 0.334 e. The number of ether oxygens (including phenoxy) is 2. The molecule has 1 heterocycles. The number of nitro groups is 1. The fraction of sp³-hybridized carbons (Fsp3) is 0.486. The number of pyridine rings is 1. The van der Waals surface area contributed by atoms with Gasteiger partial charge in [0.2, 0.25) is 5.88 Å². The summed E-state index contributed by atoms with van der Waals surface area (Å²) in [6, 6.07) is 20.0. The number of nitrogens with zero attached hydrogens (tertiary/aromatic N) is 2. The van der Waals surface area contributed by atoms with E-state index in [1.807, 2.05) is 48.5 Å². The molecule has 10 heteroatoms. The molecule has 47 heavy (non-hydrogen) atoms. The van der Waals surface area contributed by atoms with E-state index < -0.39 is 16.4 Å². The van der Waals surface area contributed by atoms with Gasteiger partial charge in [0.15, 0.2) is 11.3 Å². The molecule has 0 amide bonds. The number of aromatic nitrogens is 1. The lowest BCUT2D eigenvalue weighted by Crippen LogP contribution is -2.61. The van der Waals surface area contributed by atoms with Gasteiger partial charge in [0.05, 0.1) is 10.5 Å². The van der Waals surface area contributed by atoms with E-state index in [0.717, 1.165) is 50.5 Å². The van der Waals surface area contributed by atoms with Crippen LogP contribution < -0.4 is 15.8 Å². The lowest BCUT2D eigenvalue weighted by Gasteiger charge is -2.37. The zero-order valence-electron chi connectivity index (χ0n) is 27.0. The maximum absolute atomic E-state index is 14.1. The van der Waals surface area contributed by atoms with Crippen molar-refractivity contribution in [3.05, 3.63) is 94.2 Å². The average Bonchev–Trinajstić information content (AvgIpc) is 3.11. The van der Waals surface area contributed by atoms with Crippen LogP contribution in [0.4, 0.5) is 5.69 Å². The Morgan fingerprint density at radius 2 is 1.60 bits per heavy atom. The molecule has 2 aliphatic carbocycles. The van der Waals surface area contributed by atoms with Crippen LogP contribution in [-0.2, 0) is 27.5 Å². The van der Waals surface area contributed by atoms with Crippen molar-refractivity contribution < 1.29 is 24.0 Å². The van der Waals surface area contributed by atoms with E-state index in [1.165, 1.54) is 12.6 Å². The van der Waals surface area contributed by atoms with Crippen molar-refractivity contribution in [1.29, 1.82) is 0 Å². The highest BCUT2D eigenvalue weighted by Crippen LogP contribution is 2.35. The Bertz CT molecular complexity index is 1470. The van der Waals surface area contributed by atoms with Crippen molar-refractivity contribution in [2.75, 3.05) is 0 Å². The van der Waals surface area contributed by atoms with Gasteiger partial charge in [-0.3, -0.25) is 14.9 Å². The van der Waals surface area contributed by atoms with Gasteiger partial charge in [-0.2, -0.15) is 0 Å². The summed E-state index contributed by atoms with van der Waals surface area (Å²) in [6.07, 6.45) is 11.5. The Morgan fingerprint density at radius 3 is 2.26 bits per heavy atom. The number of rotatable bonds is 15. The van der Waals surface area contributed by atoms with E-state index in [0.29, 0.717) is 36.5 Å². The van der Waals surface area contributed by atoms with Gasteiger partial charge in [-0.05, 0) is 61.6 Å². The molecule has 0 aliphatic heterocycles. The molecule has 2 aliphatic rings. The van der Waals surface area contributed by atoms with Crippen molar-refractivity contribution in [2.45, 2.75) is 102 Å². The summed E-state index contributed by atoms with van der Waals surface area (Å²) in [5.74, 6) is -0.0772. The summed E-state index contributed by atoms with van der Waals surface area (Å²) >= 11 is 0. The number of esters is 1. The molecular formula is C37H46N4O6. The van der Waals surface area contributed by atoms with Gasteiger partial charge in [-0.1, -0.05) is 87.1 Å². The van der Waals surface area contributed by atoms with Crippen LogP contribution in [0.5, 0.6) is 11.6 Å². The third-order valence-electron chi connectivity index (χ3n) is 9.82. The topological polar surface area (TPSA) is 147 Å². The van der Waals surface area contributed by atoms with Crippen LogP contribution in [-0.4, -0.2) is 33.2 Å². The van der Waals surface area contributed by atoms with Gasteiger partial charge in [0.1, 0.15) is 18.6 Å². The fourth-order valence-electron chi connectivity index (χ4n) is 7.12. The molecule has 2 fully saturated rings. The largest absolute Gasteiger partial charge is 0.459 e. The van der Waals surface area contributed by atoms with Crippen molar-refractivity contribution in [1.82, 2.24) is 10.3 Å². The van der Waals surface area contributed by atoms with E-state index in [2.05, 4.69) is 10.3 Å². The van der Waals surface area contributed by atoms with Gasteiger partial charge in [0, 0.05) is 25.1 Å². The van der Waals surface area contributed by atoms with Crippen molar-refractivity contribution in [3.8, 4) is 11.6 Å². The maximum atomic E-state index is 14.1. The minimum Gasteiger partial charge on any atom is -0.459 e. The van der Waals surface area contributed by atoms with Crippen LogP contribution in [0, 0.1) is 22.0 Å². The molecule has 2 atom stereocenters. The third-order valence-corrected chi connectivity index (χ3v) is 9.82. The third kappa shape index (κ3) is 9.02. The minimum atomic E-state index is -1.71. The molecule has 0 bridgehead atoms. The predicted molar refractivity (Wildman–Crippen MR) is 179 cm³/mol. The summed E-state index contributed by atoms with van der Waals surface area (Å²) in [6.45, 7) is 0.264. The average molecular weight is 643 g/mol. The second-order valence-electron chi connectivity index (χ2n) is 12.9. The van der Waals surface area contributed by atoms with Crippen LogP contribution >= 0.6 is 0 Å². The Balaban J connectivity index is 1.31. The summed E-state index contributed by atoms with van der Waals surface area (Å²) in [5, 5.41) is 15.5. The summed E-state index contributed by atoms with van der Waals surface area (Å²) in [4.78, 5) is 43.3. The van der Waals surface area contributed by atoms with Gasteiger partial charge >= 0.3 is 5.97 Å². The second-order valence-corrected chi connectivity index (χ2v) is 12.9. The van der Waals surface area contributed by atoms with E-state index >= 15 is 0 Å². The first-order valence-electron chi connectivity index (χ1n) is 17.0. The minimum absolute atomic E-state index is 0.0611. The van der Waals surface area contributed by atoms with Crippen LogP contribution in [0.25, 0.3) is 0 Å². The first-order chi connectivity index (χ1) is 22.8. The summed E-state index contributed by atoms with van der Waals surface area (Å²) in [5.41, 5.74) is 6.32. The number of para-hydroxylation sites is 1. The Hall–Kier alpha value is -4.15. The molecule has 3 N–H and O–H groups in total. The van der Waals surface area contributed by atoms with Crippen molar-refractivity contribution >= 4 is 17.4 Å². The maximum Gasteiger partial charge on any atom is 0.334 e. The molecule has 2 saturated carbocycles. The lowest BCUT2D eigenvalue weighted by atomic mass is 9.71. The first-order valence-corrected chi connectivity index (χ1v) is 17.0. The highest BCUT2D eigenvalue weighted by molar-refractivity contribution is 6.08. The van der Waals surface area contributed by atoms with Gasteiger partial charge < -0.3 is 20.5 Å². The van der Waals surface area contributed by atoms with Crippen LogP contribution in [0.1, 0.15) is 88.2 Å². The standard InChI is InChI=1S/C37H46N4O6/c38-37(30-17-9-3-10-18-30,36(43)46-26-27-13-5-1-6-14-27)34(42)22-21-32(28-15-7-2-8-16-28)39-24-29-23-35(40-25-33(29)41(44)45)47-31-19-11-4-12-20-31/h1,4-6,11-14,19-20,23,25,28,30,32,39H,2-3,7-10,15-18,21-22,24,26,38H2/t32-,37?/m0/s1. The Morgan fingerprint density at radius 1 is 0.957 bits per heavy atom. The van der Waals surface area contributed by atoms with Crippen LogP contribution in [0.15, 0.2) is 72.9 Å². The highest BCUT2D eigenvalue weighted by atomic mass is 16.6. The van der Waals surface area contributed by atoms with Crippen molar-refractivity contribution in [3.63, 3.8) is 0 Å². The molecule has 1 unspecified atom stereocenters. The molecular weight excluding hydrogens is 596 g/mol. The Labute approximate surface area is 276 Å². The quantitative estimate of drug-likeness (QED) is 0.0761. The van der Waals surface area contributed by atoms with E-state index in [9.17, 15) is 19.7 Å². The number of ketones is 1. The van der Waals surface area contributed by atoms with Gasteiger partial charge in [0.25, 0.3) is 5.69 Å². The van der Waals surface area contributed by atoms with E-state index in [-0.39, 0.29) is 48.9 Å². The number of carbonyl (C=O) groups is 2. The fourth-order valence-corrected chi connectivity index (χ4v) is 7.12. The zero-order valence-corrected chi connectivity index (χ0v) is 27.0. The number of Topliss-reactive ketones (excluding diaryl/α,β-unsaturated/α-hetero) is 1. The van der Waals surface area contributed by atoms with Gasteiger partial charge in [-0.25, -0.2) is 9.78 Å². The molecule has 5 rings (SSSR count). The summed E-state index contributed by atoms with van der Waals surface area (Å²) in [7, 11) is 0. The first kappa shape index (κ1) is 34.2. The zero-order chi connectivity index (χ0) is 33.1. The molecule has 0 radical (unpaired) electrons. The molecule has 10 nitrogen and oxygen atoms in total. The number of nitrogens with one attached hydrogen (secondary N) is 1. The molecule has 3 aromatic rings. The number of carbonyl (C=O) groups excluding carboxylic acids is 2. The number of hydrogen-bond donors (Lipinski definition) is 2. The monoisotopic (exact) mass is 642 g/mol. The SMILES string of the molecule is NC(C(=O)CC[C@H](NCc1cc(Oc2ccccc2)ncc1[N+](=O)[O-])C1CCCCC1)(C(=O)OCc1ccccc1)C1CCCCC1. The number of nitrogens with two attached hydrogens (primary N) is 1. The molecule has 250 valence electrons. The molecule has 0 spiro atoms. The highest BCUT2D eigenvalue weighted by Gasteiger charge is 2.49. The van der Waals surface area contributed by atoms with E-state index in [4.69, 9.17) is 15.2 Å².